The van der Waals surface area contributed by atoms with Gasteiger partial charge in [-0.1, -0.05) is 22.0 Å². The maximum atomic E-state index is 13.6. The van der Waals surface area contributed by atoms with Gasteiger partial charge >= 0.3 is 0 Å². The van der Waals surface area contributed by atoms with Crippen LogP contribution >= 0.6 is 15.9 Å². The summed E-state index contributed by atoms with van der Waals surface area (Å²) in [6.07, 6.45) is 5.63. The molecule has 0 radical (unpaired) electrons. The van der Waals surface area contributed by atoms with Crippen molar-refractivity contribution in [3.8, 4) is 0 Å². The number of fused-ring (bicyclic) bond motifs is 2. The van der Waals surface area contributed by atoms with E-state index in [1.165, 1.54) is 0 Å². The quantitative estimate of drug-likeness (QED) is 0.617. The summed E-state index contributed by atoms with van der Waals surface area (Å²) in [5, 5.41) is 3.40. The fraction of sp³-hybridized carbons (Fsp3) is 0.478. The Labute approximate surface area is 181 Å². The second kappa shape index (κ2) is 8.07. The number of pyridine rings is 1. The number of hydrogen-bond donors (Lipinski definition) is 1. The monoisotopic (exact) mass is 457 g/mol. The highest BCUT2D eigenvalue weighted by molar-refractivity contribution is 9.10. The summed E-state index contributed by atoms with van der Waals surface area (Å²) in [7, 11) is 0. The van der Waals surface area contributed by atoms with Crippen molar-refractivity contribution in [3.63, 3.8) is 0 Å². The van der Waals surface area contributed by atoms with Crippen LogP contribution in [0.4, 0.5) is 17.2 Å². The Morgan fingerprint density at radius 3 is 2.69 bits per heavy atom. The number of amides is 1. The number of carbonyl (C=O) groups excluding carboxylic acids is 1. The second-order valence-corrected chi connectivity index (χ2v) is 9.84. The van der Waals surface area contributed by atoms with Crippen molar-refractivity contribution in [2.24, 2.45) is 5.92 Å². The van der Waals surface area contributed by atoms with Crippen LogP contribution < -0.4 is 10.2 Å². The van der Waals surface area contributed by atoms with Gasteiger partial charge in [-0.15, -0.1) is 0 Å². The summed E-state index contributed by atoms with van der Waals surface area (Å²) in [5.74, 6) is 1.03. The summed E-state index contributed by atoms with van der Waals surface area (Å²) in [4.78, 5) is 20.0. The highest BCUT2D eigenvalue weighted by Gasteiger charge is 2.34. The molecular weight excluding hydrogens is 430 g/mol. The molecule has 29 heavy (non-hydrogen) atoms. The number of anilines is 3. The summed E-state index contributed by atoms with van der Waals surface area (Å²) in [6.45, 7) is 6.80. The van der Waals surface area contributed by atoms with Gasteiger partial charge in [-0.3, -0.25) is 4.79 Å². The van der Waals surface area contributed by atoms with E-state index in [4.69, 9.17) is 4.74 Å². The molecule has 1 aromatic heterocycles. The lowest BCUT2D eigenvalue weighted by molar-refractivity contribution is -0.126. The fourth-order valence-electron chi connectivity index (χ4n) is 4.24. The van der Waals surface area contributed by atoms with Crippen LogP contribution in [0.15, 0.2) is 41.0 Å². The molecular formula is C23H28BrN3O2. The molecule has 0 bridgehead atoms. The SMILES string of the molecule is CC(C)(C)OC1CCC(C(=O)N2Cc3cccnc3Nc3ccc(Br)cc32)CC1. The van der Waals surface area contributed by atoms with Crippen LogP contribution in [0.2, 0.25) is 0 Å². The summed E-state index contributed by atoms with van der Waals surface area (Å²) >= 11 is 3.56. The molecule has 1 fully saturated rings. The van der Waals surface area contributed by atoms with Crippen molar-refractivity contribution in [3.05, 3.63) is 46.6 Å². The van der Waals surface area contributed by atoms with E-state index >= 15 is 0 Å². The fourth-order valence-corrected chi connectivity index (χ4v) is 4.59. The molecule has 4 rings (SSSR count). The predicted molar refractivity (Wildman–Crippen MR) is 119 cm³/mol. The minimum absolute atomic E-state index is 0.0277. The molecule has 2 aromatic rings. The molecule has 2 aliphatic rings. The van der Waals surface area contributed by atoms with Gasteiger partial charge in [-0.25, -0.2) is 4.98 Å². The van der Waals surface area contributed by atoms with Gasteiger partial charge in [0.05, 0.1) is 29.6 Å². The van der Waals surface area contributed by atoms with Crippen LogP contribution in [0.25, 0.3) is 0 Å². The van der Waals surface area contributed by atoms with E-state index in [1.807, 2.05) is 35.2 Å². The lowest BCUT2D eigenvalue weighted by Gasteiger charge is -2.35. The maximum Gasteiger partial charge on any atom is 0.230 e. The number of aromatic nitrogens is 1. The molecule has 5 nitrogen and oxygen atoms in total. The maximum absolute atomic E-state index is 13.6. The van der Waals surface area contributed by atoms with E-state index in [9.17, 15) is 4.79 Å². The topological polar surface area (TPSA) is 54.5 Å². The van der Waals surface area contributed by atoms with Crippen LogP contribution in [0.5, 0.6) is 0 Å². The number of hydrogen-bond acceptors (Lipinski definition) is 4. The number of halogens is 1. The molecule has 0 atom stereocenters. The summed E-state index contributed by atoms with van der Waals surface area (Å²) in [5.41, 5.74) is 2.69. The van der Waals surface area contributed by atoms with E-state index in [2.05, 4.69) is 47.0 Å². The lowest BCUT2D eigenvalue weighted by atomic mass is 9.86. The molecule has 1 N–H and O–H groups in total. The Hall–Kier alpha value is -1.92. The van der Waals surface area contributed by atoms with Gasteiger partial charge in [0, 0.05) is 22.2 Å². The Morgan fingerprint density at radius 2 is 1.97 bits per heavy atom. The van der Waals surface area contributed by atoms with Crippen LogP contribution in [0.1, 0.15) is 52.0 Å². The first-order valence-corrected chi connectivity index (χ1v) is 11.1. The molecule has 0 spiro atoms. The Morgan fingerprint density at radius 1 is 1.21 bits per heavy atom. The molecule has 2 heterocycles. The standard InChI is InChI=1S/C23H28BrN3O2/c1-23(2,3)29-18-9-6-15(7-10-18)22(28)27-14-16-5-4-12-25-21(16)26-19-11-8-17(24)13-20(19)27/h4-5,8,11-13,15,18H,6-7,9-10,14H2,1-3H3,(H,25,26). The Balaban J connectivity index is 1.57. The number of nitrogens with one attached hydrogen (secondary N) is 1. The van der Waals surface area contributed by atoms with E-state index in [0.717, 1.165) is 52.9 Å². The third-order valence-electron chi connectivity index (χ3n) is 5.53. The average Bonchev–Trinajstić information content (AvgIpc) is 2.83. The first-order chi connectivity index (χ1) is 13.8. The average molecular weight is 458 g/mol. The van der Waals surface area contributed by atoms with Gasteiger partial charge in [0.25, 0.3) is 0 Å². The summed E-state index contributed by atoms with van der Waals surface area (Å²) in [6, 6.07) is 9.95. The lowest BCUT2D eigenvalue weighted by Crippen LogP contribution is -2.39. The molecule has 1 amide bonds. The zero-order chi connectivity index (χ0) is 20.6. The number of nitrogens with zero attached hydrogens (tertiary/aromatic N) is 2. The number of ether oxygens (including phenoxy) is 1. The van der Waals surface area contributed by atoms with Crippen LogP contribution in [-0.2, 0) is 16.1 Å². The highest BCUT2D eigenvalue weighted by Crippen LogP contribution is 2.39. The number of carbonyl (C=O) groups is 1. The zero-order valence-corrected chi connectivity index (χ0v) is 18.8. The van der Waals surface area contributed by atoms with Crippen LogP contribution in [-0.4, -0.2) is 22.6 Å². The highest BCUT2D eigenvalue weighted by atomic mass is 79.9. The molecule has 0 saturated heterocycles. The van der Waals surface area contributed by atoms with Crippen LogP contribution in [0.3, 0.4) is 0 Å². The van der Waals surface area contributed by atoms with Gasteiger partial charge in [0.15, 0.2) is 0 Å². The molecule has 6 heteroatoms. The van der Waals surface area contributed by atoms with E-state index in [-0.39, 0.29) is 23.5 Å². The van der Waals surface area contributed by atoms with Gasteiger partial charge < -0.3 is 15.0 Å². The molecule has 1 aliphatic carbocycles. The largest absolute Gasteiger partial charge is 0.373 e. The third-order valence-corrected chi connectivity index (χ3v) is 6.03. The van der Waals surface area contributed by atoms with Gasteiger partial charge in [0.1, 0.15) is 5.82 Å². The van der Waals surface area contributed by atoms with Crippen molar-refractivity contribution in [2.75, 3.05) is 10.2 Å². The summed E-state index contributed by atoms with van der Waals surface area (Å²) < 4.78 is 7.10. The minimum atomic E-state index is -0.139. The Kier molecular flexibility index (Phi) is 5.67. The van der Waals surface area contributed by atoms with Crippen molar-refractivity contribution < 1.29 is 9.53 Å². The second-order valence-electron chi connectivity index (χ2n) is 8.93. The molecule has 1 aromatic carbocycles. The van der Waals surface area contributed by atoms with Crippen molar-refractivity contribution in [1.82, 2.24) is 4.98 Å². The van der Waals surface area contributed by atoms with Crippen LogP contribution in [0, 0.1) is 5.92 Å². The number of benzene rings is 1. The van der Waals surface area contributed by atoms with Crippen molar-refractivity contribution >= 4 is 39.0 Å². The third kappa shape index (κ3) is 4.64. The zero-order valence-electron chi connectivity index (χ0n) is 17.2. The minimum Gasteiger partial charge on any atom is -0.373 e. The normalized spacial score (nSPS) is 21.6. The number of rotatable bonds is 2. The molecule has 1 aliphatic heterocycles. The van der Waals surface area contributed by atoms with E-state index < -0.39 is 0 Å². The first kappa shape index (κ1) is 20.4. The first-order valence-electron chi connectivity index (χ1n) is 10.3. The van der Waals surface area contributed by atoms with Gasteiger partial charge in [0.2, 0.25) is 5.91 Å². The predicted octanol–water partition coefficient (Wildman–Crippen LogP) is 5.81. The van der Waals surface area contributed by atoms with Gasteiger partial charge in [-0.2, -0.15) is 0 Å². The van der Waals surface area contributed by atoms with E-state index in [1.54, 1.807) is 6.20 Å². The molecule has 154 valence electrons. The van der Waals surface area contributed by atoms with Crippen molar-refractivity contribution in [2.45, 2.75) is 64.7 Å². The van der Waals surface area contributed by atoms with E-state index in [0.29, 0.717) is 6.54 Å². The van der Waals surface area contributed by atoms with Gasteiger partial charge in [-0.05, 0) is 70.7 Å². The Bertz CT molecular complexity index is 901. The smallest absolute Gasteiger partial charge is 0.230 e. The molecule has 0 unspecified atom stereocenters. The van der Waals surface area contributed by atoms with Crippen molar-refractivity contribution in [1.29, 1.82) is 0 Å². The molecule has 1 saturated carbocycles.